The number of benzene rings is 2. The van der Waals surface area contributed by atoms with E-state index in [1.807, 2.05) is 6.08 Å². The summed E-state index contributed by atoms with van der Waals surface area (Å²) in [4.78, 5) is 12.0. The van der Waals surface area contributed by atoms with E-state index in [1.165, 1.54) is 33.4 Å². The fraction of sp³-hybridized carbons (Fsp3) is 0.486. The molecule has 41 heavy (non-hydrogen) atoms. The topological polar surface area (TPSA) is 46.5 Å². The molecule has 3 nitrogen and oxygen atoms in total. The van der Waals surface area contributed by atoms with Crippen LogP contribution in [-0.4, -0.2) is 24.4 Å². The van der Waals surface area contributed by atoms with Crippen LogP contribution in [0.2, 0.25) is 0 Å². The van der Waals surface area contributed by atoms with E-state index in [-0.39, 0.29) is 22.7 Å². The van der Waals surface area contributed by atoms with Crippen LogP contribution in [0, 0.1) is 11.3 Å². The van der Waals surface area contributed by atoms with Crippen LogP contribution in [0.3, 0.4) is 0 Å². The Balaban J connectivity index is 1.23. The molecular weight excluding hydrogens is 511 g/mol. The lowest BCUT2D eigenvalue weighted by molar-refractivity contribution is -0.150. The molecule has 0 radical (unpaired) electrons. The molecule has 1 spiro atoms. The molecule has 0 aliphatic heterocycles. The molecule has 4 heteroatoms. The first-order chi connectivity index (χ1) is 19.7. The van der Waals surface area contributed by atoms with Gasteiger partial charge in [0.15, 0.2) is 0 Å². The zero-order valence-corrected chi connectivity index (χ0v) is 24.7. The molecule has 1 saturated carbocycles. The normalized spacial score (nSPS) is 28.0. The predicted molar refractivity (Wildman–Crippen MR) is 163 cm³/mol. The lowest BCUT2D eigenvalue weighted by Crippen LogP contribution is -2.50. The highest BCUT2D eigenvalue weighted by Gasteiger charge is 2.53. The largest absolute Gasteiger partial charge is 0.497 e. The third-order valence-corrected chi connectivity index (χ3v) is 10.5. The van der Waals surface area contributed by atoms with E-state index in [2.05, 4.69) is 56.3 Å². The average molecular weight is 555 g/mol. The van der Waals surface area contributed by atoms with Crippen LogP contribution in [0.15, 0.2) is 66.5 Å². The average Bonchev–Trinajstić information content (AvgIpc) is 3.30. The minimum Gasteiger partial charge on any atom is -0.497 e. The third-order valence-electron chi connectivity index (χ3n) is 10.5. The van der Waals surface area contributed by atoms with Gasteiger partial charge in [-0.2, -0.15) is 0 Å². The Morgan fingerprint density at radius 2 is 1.85 bits per heavy atom. The highest BCUT2D eigenvalue weighted by molar-refractivity contribution is 5.76. The number of allylic oxidation sites excluding steroid dienone is 5. The number of halogens is 1. The quantitative estimate of drug-likeness (QED) is 0.355. The van der Waals surface area contributed by atoms with Gasteiger partial charge >= 0.3 is 5.97 Å². The van der Waals surface area contributed by atoms with Gasteiger partial charge in [0.05, 0.1) is 13.0 Å². The van der Waals surface area contributed by atoms with E-state index in [4.69, 9.17) is 4.74 Å². The van der Waals surface area contributed by atoms with Gasteiger partial charge in [0.2, 0.25) is 0 Å². The molecular formula is C37H43FO3. The van der Waals surface area contributed by atoms with Crippen molar-refractivity contribution in [1.29, 1.82) is 0 Å². The number of aryl methyl sites for hydroxylation is 3. The Morgan fingerprint density at radius 3 is 2.54 bits per heavy atom. The van der Waals surface area contributed by atoms with Crippen molar-refractivity contribution >= 4 is 11.5 Å². The second-order valence-corrected chi connectivity index (χ2v) is 13.3. The Hall–Kier alpha value is -3.14. The number of rotatable bonds is 8. The van der Waals surface area contributed by atoms with Gasteiger partial charge < -0.3 is 9.84 Å². The van der Waals surface area contributed by atoms with Gasteiger partial charge in [0, 0.05) is 11.3 Å². The highest BCUT2D eigenvalue weighted by Crippen LogP contribution is 2.55. The lowest BCUT2D eigenvalue weighted by Gasteiger charge is -2.51. The van der Waals surface area contributed by atoms with E-state index in [9.17, 15) is 9.90 Å². The summed E-state index contributed by atoms with van der Waals surface area (Å²) in [6, 6.07) is 13.5. The summed E-state index contributed by atoms with van der Waals surface area (Å²) in [6.45, 7) is 4.60. The van der Waals surface area contributed by atoms with E-state index >= 15 is 4.39 Å². The summed E-state index contributed by atoms with van der Waals surface area (Å²) in [5, 5.41) is 9.85. The van der Waals surface area contributed by atoms with E-state index in [1.54, 1.807) is 19.3 Å². The smallest absolute Gasteiger partial charge is 0.307 e. The molecule has 1 N–H and O–H groups in total. The van der Waals surface area contributed by atoms with Gasteiger partial charge in [-0.25, -0.2) is 4.39 Å². The molecule has 4 atom stereocenters. The van der Waals surface area contributed by atoms with E-state index in [0.717, 1.165) is 69.8 Å². The van der Waals surface area contributed by atoms with Gasteiger partial charge in [-0.3, -0.25) is 4.79 Å². The summed E-state index contributed by atoms with van der Waals surface area (Å²) in [5.74, 6) is -0.518. The molecule has 0 amide bonds. The van der Waals surface area contributed by atoms with Gasteiger partial charge in [0.1, 0.15) is 11.9 Å². The molecule has 1 fully saturated rings. The number of aliphatic carboxylic acids is 1. The van der Waals surface area contributed by atoms with Crippen LogP contribution in [0.25, 0.3) is 5.57 Å². The van der Waals surface area contributed by atoms with Crippen molar-refractivity contribution in [2.24, 2.45) is 11.3 Å². The molecule has 6 rings (SSSR count). The number of carbonyl (C=O) groups is 1. The second-order valence-electron chi connectivity index (χ2n) is 13.3. The monoisotopic (exact) mass is 554 g/mol. The van der Waals surface area contributed by atoms with Crippen LogP contribution in [0.1, 0.15) is 98.1 Å². The first-order valence-electron chi connectivity index (χ1n) is 15.5. The molecule has 2 unspecified atom stereocenters. The number of hydrogen-bond acceptors (Lipinski definition) is 2. The minimum absolute atomic E-state index is 0.0614. The maximum absolute atomic E-state index is 15.2. The van der Waals surface area contributed by atoms with E-state index in [0.29, 0.717) is 5.76 Å². The number of methoxy groups -OCH3 is 1. The first-order valence-corrected chi connectivity index (χ1v) is 15.5. The van der Waals surface area contributed by atoms with Crippen molar-refractivity contribution in [3.05, 3.63) is 99.8 Å². The first kappa shape index (κ1) is 28.0. The van der Waals surface area contributed by atoms with Crippen LogP contribution in [0.4, 0.5) is 4.39 Å². The highest BCUT2D eigenvalue weighted by atomic mass is 19.1. The second kappa shape index (κ2) is 10.9. The fourth-order valence-electron chi connectivity index (χ4n) is 8.08. The van der Waals surface area contributed by atoms with Crippen LogP contribution >= 0.6 is 0 Å². The third kappa shape index (κ3) is 5.08. The van der Waals surface area contributed by atoms with Crippen LogP contribution < -0.4 is 0 Å². The zero-order chi connectivity index (χ0) is 28.8. The molecule has 2 aromatic rings. The number of alkyl halides is 1. The number of fused-ring (bicyclic) bond motifs is 2. The lowest BCUT2D eigenvalue weighted by atomic mass is 9.52. The molecule has 0 aromatic heterocycles. The summed E-state index contributed by atoms with van der Waals surface area (Å²) < 4.78 is 20.7. The number of carboxylic acid groups (broad SMARTS) is 1. The van der Waals surface area contributed by atoms with Crippen molar-refractivity contribution in [2.45, 2.75) is 95.6 Å². The minimum atomic E-state index is -1.08. The fourth-order valence-corrected chi connectivity index (χ4v) is 8.08. The summed E-state index contributed by atoms with van der Waals surface area (Å²) in [6.07, 6.45) is 16.6. The number of carboxylic acids is 1. The SMILES string of the molecule is COC1=CC(c2ccc(CCCc3ccc4c(c3)[C@]3(CCC4)CC[C@H]3C(=O)O)cc2C2=CCCC2(C)C)C(F)C=C1. The van der Waals surface area contributed by atoms with Crippen molar-refractivity contribution in [1.82, 2.24) is 0 Å². The molecule has 216 valence electrons. The Bertz CT molecular complexity index is 1430. The van der Waals surface area contributed by atoms with E-state index < -0.39 is 12.1 Å². The Kier molecular flexibility index (Phi) is 7.46. The van der Waals surface area contributed by atoms with Crippen molar-refractivity contribution in [3.63, 3.8) is 0 Å². The standard InChI is InChI=1S/C37H43FO3/c1-36(2)18-6-10-31(36)29-21-24(12-15-28(29)30-23-27(41-3)14-16-34(30)38)7-4-8-25-11-13-26-9-5-19-37(33(26)22-25)20-17-32(37)35(39)40/h10-16,21-23,30,32,34H,4-9,17-20H2,1-3H3,(H,39,40)/t30?,32-,34?,37+/m0/s1. The van der Waals surface area contributed by atoms with Crippen molar-refractivity contribution < 1.29 is 19.0 Å². The number of hydrogen-bond donors (Lipinski definition) is 1. The number of ether oxygens (including phenoxy) is 1. The Morgan fingerprint density at radius 1 is 1.07 bits per heavy atom. The predicted octanol–water partition coefficient (Wildman–Crippen LogP) is 8.66. The van der Waals surface area contributed by atoms with Crippen molar-refractivity contribution in [2.75, 3.05) is 7.11 Å². The van der Waals surface area contributed by atoms with Crippen LogP contribution in [-0.2, 0) is 34.2 Å². The molecule has 0 saturated heterocycles. The van der Waals surface area contributed by atoms with Gasteiger partial charge in [-0.1, -0.05) is 56.3 Å². The maximum atomic E-state index is 15.2. The van der Waals surface area contributed by atoms with Crippen LogP contribution in [0.5, 0.6) is 0 Å². The van der Waals surface area contributed by atoms with Gasteiger partial charge in [-0.15, -0.1) is 0 Å². The molecule has 4 aliphatic rings. The van der Waals surface area contributed by atoms with Gasteiger partial charge in [-0.05, 0) is 127 Å². The summed E-state index contributed by atoms with van der Waals surface area (Å²) in [5.41, 5.74) is 8.72. The molecule has 2 aromatic carbocycles. The maximum Gasteiger partial charge on any atom is 0.307 e. The molecule has 4 aliphatic carbocycles. The Labute approximate surface area is 244 Å². The van der Waals surface area contributed by atoms with Crippen molar-refractivity contribution in [3.8, 4) is 0 Å². The van der Waals surface area contributed by atoms with Gasteiger partial charge in [0.25, 0.3) is 0 Å². The zero-order valence-electron chi connectivity index (χ0n) is 24.7. The summed E-state index contributed by atoms with van der Waals surface area (Å²) in [7, 11) is 1.64. The molecule has 0 bridgehead atoms. The molecule has 0 heterocycles. The summed E-state index contributed by atoms with van der Waals surface area (Å²) >= 11 is 0.